The lowest BCUT2D eigenvalue weighted by atomic mass is 10.0. The highest BCUT2D eigenvalue weighted by atomic mass is 32.2. The van der Waals surface area contributed by atoms with Gasteiger partial charge in [0.15, 0.2) is 15.5 Å². The van der Waals surface area contributed by atoms with E-state index in [1.165, 1.54) is 7.11 Å². The maximum atomic E-state index is 13.8. The summed E-state index contributed by atoms with van der Waals surface area (Å²) in [5.74, 6) is -0.184. The molecule has 3 aromatic rings. The Morgan fingerprint density at radius 2 is 1.79 bits per heavy atom. The lowest BCUT2D eigenvalue weighted by molar-refractivity contribution is 0.00320. The van der Waals surface area contributed by atoms with Gasteiger partial charge in [-0.3, -0.25) is 9.69 Å². The highest BCUT2D eigenvalue weighted by Gasteiger charge is 2.39. The molecule has 0 radical (unpaired) electrons. The maximum Gasteiger partial charge on any atom is 0.275 e. The maximum absolute atomic E-state index is 13.8. The van der Waals surface area contributed by atoms with Gasteiger partial charge in [-0.15, -0.1) is 0 Å². The van der Waals surface area contributed by atoms with Gasteiger partial charge < -0.3 is 19.1 Å². The first-order chi connectivity index (χ1) is 18.9. The molecule has 2 aromatic carbocycles. The van der Waals surface area contributed by atoms with Crippen LogP contribution in [0.3, 0.4) is 0 Å². The number of sulfone groups is 1. The molecule has 4 heterocycles. The average molecular weight is 553 g/mol. The third-order valence-corrected chi connectivity index (χ3v) is 9.30. The zero-order valence-electron chi connectivity index (χ0n) is 22.1. The Morgan fingerprint density at radius 3 is 2.51 bits per heavy atom. The number of benzene rings is 2. The molecule has 0 aliphatic carbocycles. The molecule has 1 amide bonds. The van der Waals surface area contributed by atoms with E-state index in [4.69, 9.17) is 19.3 Å². The number of amides is 1. The van der Waals surface area contributed by atoms with Gasteiger partial charge in [-0.25, -0.2) is 13.1 Å². The number of hydrogen-bond acceptors (Lipinski definition) is 8. The first-order valence-electron chi connectivity index (χ1n) is 13.2. The number of fused-ring (bicyclic) bond motifs is 3. The van der Waals surface area contributed by atoms with Gasteiger partial charge in [-0.2, -0.15) is 5.10 Å². The fourth-order valence-electron chi connectivity index (χ4n) is 5.57. The van der Waals surface area contributed by atoms with E-state index in [1.54, 1.807) is 27.8 Å². The summed E-state index contributed by atoms with van der Waals surface area (Å²) in [5.41, 5.74) is 3.44. The Morgan fingerprint density at radius 1 is 1.05 bits per heavy atom. The fraction of sp³-hybridized carbons (Fsp3) is 0.429. The monoisotopic (exact) mass is 552 g/mol. The summed E-state index contributed by atoms with van der Waals surface area (Å²) in [6, 6.07) is 12.9. The average Bonchev–Trinajstić information content (AvgIpc) is 3.32. The third-order valence-electron chi connectivity index (χ3n) is 7.62. The molecule has 1 aromatic heterocycles. The van der Waals surface area contributed by atoms with E-state index >= 15 is 0 Å². The van der Waals surface area contributed by atoms with Crippen LogP contribution < -0.4 is 4.74 Å². The van der Waals surface area contributed by atoms with Crippen LogP contribution in [0.1, 0.15) is 28.5 Å². The molecule has 3 aliphatic rings. The van der Waals surface area contributed by atoms with Gasteiger partial charge in [0.1, 0.15) is 5.75 Å². The van der Waals surface area contributed by atoms with Crippen molar-refractivity contribution in [2.75, 3.05) is 53.2 Å². The number of carbonyl (C=O) groups is 1. The highest BCUT2D eigenvalue weighted by Crippen LogP contribution is 2.45. The zero-order chi connectivity index (χ0) is 27.1. The summed E-state index contributed by atoms with van der Waals surface area (Å²) in [5, 5.41) is 4.79. The van der Waals surface area contributed by atoms with Crippen LogP contribution in [0.25, 0.3) is 16.9 Å². The third kappa shape index (κ3) is 4.73. The van der Waals surface area contributed by atoms with Crippen molar-refractivity contribution in [2.24, 2.45) is 0 Å². The van der Waals surface area contributed by atoms with Crippen LogP contribution in [-0.4, -0.2) is 93.1 Å². The minimum absolute atomic E-state index is 0.145. The summed E-state index contributed by atoms with van der Waals surface area (Å²) in [4.78, 5) is 18.1. The van der Waals surface area contributed by atoms with Crippen molar-refractivity contribution in [1.29, 1.82) is 0 Å². The Hall–Kier alpha value is -3.25. The number of carbonyl (C=O) groups excluding carboxylic acids is 1. The first kappa shape index (κ1) is 26.0. The molecule has 2 fully saturated rings. The summed E-state index contributed by atoms with van der Waals surface area (Å²) in [6.07, 6.45) is 0. The van der Waals surface area contributed by atoms with E-state index < -0.39 is 9.84 Å². The SMILES string of the molecule is COc1cccc2c1-c1c(c(C(=O)N3CCOCC3C)nn1-c1ccc(CN3CCOCC3)cc1)CS2(=O)=O. The smallest absolute Gasteiger partial charge is 0.275 e. The fourth-order valence-corrected chi connectivity index (χ4v) is 7.17. The van der Waals surface area contributed by atoms with Crippen LogP contribution in [0.2, 0.25) is 0 Å². The van der Waals surface area contributed by atoms with Crippen molar-refractivity contribution in [2.45, 2.75) is 30.2 Å². The Bertz CT molecular complexity index is 1490. The number of hydrogen-bond donors (Lipinski definition) is 0. The molecule has 11 heteroatoms. The topological polar surface area (TPSA) is 103 Å². The molecule has 39 heavy (non-hydrogen) atoms. The van der Waals surface area contributed by atoms with E-state index in [0.717, 1.165) is 44.1 Å². The molecule has 1 unspecified atom stereocenters. The molecule has 6 rings (SSSR count). The molecule has 2 saturated heterocycles. The van der Waals surface area contributed by atoms with Crippen molar-refractivity contribution >= 4 is 15.7 Å². The van der Waals surface area contributed by atoms with Gasteiger partial charge in [-0.1, -0.05) is 18.2 Å². The van der Waals surface area contributed by atoms with Crippen molar-refractivity contribution in [3.8, 4) is 22.7 Å². The Balaban J connectivity index is 1.48. The van der Waals surface area contributed by atoms with Crippen LogP contribution in [0.5, 0.6) is 5.75 Å². The quantitative estimate of drug-likeness (QED) is 0.476. The lowest BCUT2D eigenvalue weighted by Gasteiger charge is -2.33. The molecular formula is C28H32N4O6S. The number of aromatic nitrogens is 2. The number of ether oxygens (including phenoxy) is 3. The lowest BCUT2D eigenvalue weighted by Crippen LogP contribution is -2.47. The van der Waals surface area contributed by atoms with Crippen molar-refractivity contribution in [3.63, 3.8) is 0 Å². The zero-order valence-corrected chi connectivity index (χ0v) is 22.9. The number of rotatable bonds is 5. The van der Waals surface area contributed by atoms with Crippen LogP contribution in [0.4, 0.5) is 0 Å². The molecular weight excluding hydrogens is 520 g/mol. The molecule has 206 valence electrons. The molecule has 0 spiro atoms. The van der Waals surface area contributed by atoms with Gasteiger partial charge in [0.05, 0.1) is 67.2 Å². The standard InChI is InChI=1S/C28H32N4O6S/c1-19-17-38-15-12-31(19)28(33)26-22-18-39(34,35)24-5-3-4-23(36-2)25(24)27(22)32(29-26)21-8-6-20(7-9-21)16-30-10-13-37-14-11-30/h3-9,19H,10-18H2,1-2H3. The minimum atomic E-state index is -3.72. The molecule has 10 nitrogen and oxygen atoms in total. The minimum Gasteiger partial charge on any atom is -0.496 e. The molecule has 0 N–H and O–H groups in total. The van der Waals surface area contributed by atoms with Crippen LogP contribution >= 0.6 is 0 Å². The van der Waals surface area contributed by atoms with Crippen molar-refractivity contribution < 1.29 is 27.4 Å². The predicted molar refractivity (Wildman–Crippen MR) is 144 cm³/mol. The molecule has 0 saturated carbocycles. The van der Waals surface area contributed by atoms with Gasteiger partial charge in [0.25, 0.3) is 5.91 Å². The number of nitrogens with zero attached hydrogens (tertiary/aromatic N) is 4. The van der Waals surface area contributed by atoms with Gasteiger partial charge in [0, 0.05) is 31.7 Å². The van der Waals surface area contributed by atoms with Crippen LogP contribution in [0, 0.1) is 0 Å². The number of methoxy groups -OCH3 is 1. The van der Waals surface area contributed by atoms with Gasteiger partial charge >= 0.3 is 0 Å². The Labute approximate surface area is 228 Å². The second-order valence-electron chi connectivity index (χ2n) is 10.2. The molecule has 0 bridgehead atoms. The molecule has 3 aliphatic heterocycles. The van der Waals surface area contributed by atoms with Gasteiger partial charge in [0.2, 0.25) is 0 Å². The molecule has 1 atom stereocenters. The highest BCUT2D eigenvalue weighted by molar-refractivity contribution is 7.91. The second-order valence-corrected chi connectivity index (χ2v) is 12.1. The summed E-state index contributed by atoms with van der Waals surface area (Å²) in [7, 11) is -2.21. The van der Waals surface area contributed by atoms with Crippen molar-refractivity contribution in [3.05, 3.63) is 59.3 Å². The predicted octanol–water partition coefficient (Wildman–Crippen LogP) is 2.53. The van der Waals surface area contributed by atoms with Gasteiger partial charge in [-0.05, 0) is 36.8 Å². The Kier molecular flexibility index (Phi) is 6.92. The first-order valence-corrected chi connectivity index (χ1v) is 14.8. The van der Waals surface area contributed by atoms with Crippen LogP contribution in [-0.2, 0) is 31.6 Å². The summed E-state index contributed by atoms with van der Waals surface area (Å²) >= 11 is 0. The van der Waals surface area contributed by atoms with E-state index in [-0.39, 0.29) is 28.3 Å². The largest absolute Gasteiger partial charge is 0.496 e. The second kappa shape index (κ2) is 10.4. The van der Waals surface area contributed by atoms with Crippen molar-refractivity contribution in [1.82, 2.24) is 19.6 Å². The van der Waals surface area contributed by atoms with E-state index in [2.05, 4.69) is 4.90 Å². The number of morpholine rings is 2. The van der Waals surface area contributed by atoms with E-state index in [9.17, 15) is 13.2 Å². The normalized spacial score (nSPS) is 20.8. The van der Waals surface area contributed by atoms with E-state index in [1.807, 2.05) is 31.2 Å². The summed E-state index contributed by atoms with van der Waals surface area (Å²) < 4.78 is 45.2. The van der Waals surface area contributed by atoms with E-state index in [0.29, 0.717) is 42.3 Å². The summed E-state index contributed by atoms with van der Waals surface area (Å²) in [6.45, 7) is 7.27. The van der Waals surface area contributed by atoms with Crippen LogP contribution in [0.15, 0.2) is 47.4 Å².